The van der Waals surface area contributed by atoms with Gasteiger partial charge in [-0.1, -0.05) is 23.7 Å². The highest BCUT2D eigenvalue weighted by molar-refractivity contribution is 6.30. The fourth-order valence-electron chi connectivity index (χ4n) is 4.07. The summed E-state index contributed by atoms with van der Waals surface area (Å²) < 4.78 is 33.7. The maximum Gasteiger partial charge on any atom is 0.354 e. The number of aromatic nitrogens is 3. The van der Waals surface area contributed by atoms with Crippen LogP contribution in [-0.2, 0) is 22.6 Å². The van der Waals surface area contributed by atoms with Crippen LogP contribution in [0.1, 0.15) is 45.1 Å². The lowest BCUT2D eigenvalue weighted by atomic mass is 10.2. The molecule has 0 radical (unpaired) electrons. The van der Waals surface area contributed by atoms with E-state index in [9.17, 15) is 14.0 Å². The normalized spacial score (nSPS) is 15.6. The van der Waals surface area contributed by atoms with Gasteiger partial charge in [-0.15, -0.1) is 0 Å². The van der Waals surface area contributed by atoms with Crippen molar-refractivity contribution in [3.63, 3.8) is 0 Å². The van der Waals surface area contributed by atoms with Crippen LogP contribution in [0.4, 0.5) is 16.0 Å². The van der Waals surface area contributed by atoms with Gasteiger partial charge in [0, 0.05) is 29.9 Å². The zero-order valence-corrected chi connectivity index (χ0v) is 22.2. The molecule has 0 amide bonds. The van der Waals surface area contributed by atoms with Crippen molar-refractivity contribution in [1.29, 1.82) is 0 Å². The molecule has 1 atom stereocenters. The molecular formula is C27H32ClFN4O5. The number of hydrogen-bond donors (Lipinski definition) is 1. The van der Waals surface area contributed by atoms with Crippen molar-refractivity contribution in [1.82, 2.24) is 14.1 Å². The molecule has 1 saturated heterocycles. The molecule has 2 aromatic carbocycles. The first kappa shape index (κ1) is 27.8. The van der Waals surface area contributed by atoms with Crippen LogP contribution >= 0.6 is 11.6 Å². The molecule has 1 aliphatic heterocycles. The maximum atomic E-state index is 14.6. The Kier molecular flexibility index (Phi) is 9.54. The number of rotatable bonds is 11. The van der Waals surface area contributed by atoms with Crippen molar-refractivity contribution in [2.75, 3.05) is 18.5 Å². The van der Waals surface area contributed by atoms with Crippen molar-refractivity contribution in [2.45, 2.75) is 65.0 Å². The van der Waals surface area contributed by atoms with Crippen LogP contribution in [-0.4, -0.2) is 39.7 Å². The second-order valence-electron chi connectivity index (χ2n) is 9.32. The van der Waals surface area contributed by atoms with Gasteiger partial charge >= 0.3 is 11.4 Å². The Bertz CT molecular complexity index is 1340. The van der Waals surface area contributed by atoms with E-state index in [1.54, 1.807) is 44.2 Å². The third-order valence-corrected chi connectivity index (χ3v) is 6.17. The SMILES string of the molecule is CC(C)Oc1ccc(Nc2nc(=O)n(CCCOC3CCCCO3)c(=O)n2Cc2ccc(Cl)cc2)cc1F. The summed E-state index contributed by atoms with van der Waals surface area (Å²) in [6.07, 6.45) is 2.91. The number of ether oxygens (including phenoxy) is 3. The van der Waals surface area contributed by atoms with Crippen LogP contribution in [0.2, 0.25) is 5.02 Å². The van der Waals surface area contributed by atoms with Crippen molar-refractivity contribution in [2.24, 2.45) is 0 Å². The second-order valence-corrected chi connectivity index (χ2v) is 9.76. The molecule has 9 nitrogen and oxygen atoms in total. The largest absolute Gasteiger partial charge is 0.488 e. The average molecular weight is 547 g/mol. The number of hydrogen-bond acceptors (Lipinski definition) is 7. The Hall–Kier alpha value is -3.21. The van der Waals surface area contributed by atoms with Crippen molar-refractivity contribution in [3.8, 4) is 5.75 Å². The van der Waals surface area contributed by atoms with Gasteiger partial charge in [0.25, 0.3) is 0 Å². The van der Waals surface area contributed by atoms with Crippen molar-refractivity contribution >= 4 is 23.2 Å². The minimum absolute atomic E-state index is 0.00464. The average Bonchev–Trinajstić information content (AvgIpc) is 2.89. The molecule has 0 bridgehead atoms. The Morgan fingerprint density at radius 2 is 1.95 bits per heavy atom. The van der Waals surface area contributed by atoms with E-state index in [4.69, 9.17) is 25.8 Å². The van der Waals surface area contributed by atoms with Gasteiger partial charge in [-0.05, 0) is 69.4 Å². The molecule has 1 fully saturated rings. The molecule has 1 aromatic heterocycles. The minimum Gasteiger partial charge on any atom is -0.488 e. The lowest BCUT2D eigenvalue weighted by molar-refractivity contribution is -0.163. The van der Waals surface area contributed by atoms with Gasteiger partial charge in [-0.2, -0.15) is 4.98 Å². The molecule has 204 valence electrons. The third kappa shape index (κ3) is 7.43. The summed E-state index contributed by atoms with van der Waals surface area (Å²) in [6.45, 7) is 4.88. The summed E-state index contributed by atoms with van der Waals surface area (Å²) in [5, 5.41) is 3.48. The van der Waals surface area contributed by atoms with Crippen LogP contribution in [0.3, 0.4) is 0 Å². The summed E-state index contributed by atoms with van der Waals surface area (Å²) in [5.74, 6) is -0.478. The lowest BCUT2D eigenvalue weighted by Gasteiger charge is -2.22. The van der Waals surface area contributed by atoms with Crippen LogP contribution in [0, 0.1) is 5.82 Å². The summed E-state index contributed by atoms with van der Waals surface area (Å²) in [5.41, 5.74) is -0.166. The van der Waals surface area contributed by atoms with Crippen molar-refractivity contribution < 1.29 is 18.6 Å². The van der Waals surface area contributed by atoms with E-state index in [2.05, 4.69) is 10.3 Å². The molecule has 0 aliphatic carbocycles. The molecule has 4 rings (SSSR count). The fourth-order valence-corrected chi connectivity index (χ4v) is 4.19. The van der Waals surface area contributed by atoms with E-state index < -0.39 is 17.2 Å². The highest BCUT2D eigenvalue weighted by atomic mass is 35.5. The minimum atomic E-state index is -0.709. The van der Waals surface area contributed by atoms with Crippen LogP contribution in [0.25, 0.3) is 0 Å². The van der Waals surface area contributed by atoms with E-state index in [-0.39, 0.29) is 37.2 Å². The molecule has 38 heavy (non-hydrogen) atoms. The van der Waals surface area contributed by atoms with Crippen LogP contribution < -0.4 is 21.4 Å². The maximum absolute atomic E-state index is 14.6. The second kappa shape index (κ2) is 13.0. The predicted molar refractivity (Wildman–Crippen MR) is 143 cm³/mol. The Morgan fingerprint density at radius 3 is 2.63 bits per heavy atom. The molecule has 3 aromatic rings. The van der Waals surface area contributed by atoms with Gasteiger partial charge in [0.2, 0.25) is 5.95 Å². The van der Waals surface area contributed by atoms with Crippen LogP contribution in [0.15, 0.2) is 52.1 Å². The Morgan fingerprint density at radius 1 is 1.16 bits per heavy atom. The number of halogens is 2. The number of anilines is 2. The number of benzene rings is 2. The number of nitrogens with zero attached hydrogens (tertiary/aromatic N) is 3. The summed E-state index contributed by atoms with van der Waals surface area (Å²) in [6, 6.07) is 11.3. The van der Waals surface area contributed by atoms with Crippen LogP contribution in [0.5, 0.6) is 5.75 Å². The Balaban J connectivity index is 1.58. The van der Waals surface area contributed by atoms with E-state index in [1.807, 2.05) is 0 Å². The fraction of sp³-hybridized carbons (Fsp3) is 0.444. The van der Waals surface area contributed by atoms with Crippen molar-refractivity contribution in [3.05, 3.63) is 79.8 Å². The van der Waals surface area contributed by atoms with E-state index in [0.717, 1.165) is 29.4 Å². The van der Waals surface area contributed by atoms with E-state index >= 15 is 0 Å². The third-order valence-electron chi connectivity index (χ3n) is 5.92. The highest BCUT2D eigenvalue weighted by Gasteiger charge is 2.17. The first-order valence-corrected chi connectivity index (χ1v) is 13.1. The molecular weight excluding hydrogens is 515 g/mol. The number of nitrogens with one attached hydrogen (secondary N) is 1. The monoisotopic (exact) mass is 546 g/mol. The lowest BCUT2D eigenvalue weighted by Crippen LogP contribution is -2.43. The van der Waals surface area contributed by atoms with Gasteiger partial charge < -0.3 is 19.5 Å². The molecule has 1 N–H and O–H groups in total. The first-order chi connectivity index (χ1) is 18.3. The van der Waals surface area contributed by atoms with E-state index in [0.29, 0.717) is 30.3 Å². The van der Waals surface area contributed by atoms with Gasteiger partial charge in [0.05, 0.1) is 19.3 Å². The Labute approximate surface area is 225 Å². The highest BCUT2D eigenvalue weighted by Crippen LogP contribution is 2.24. The van der Waals surface area contributed by atoms with Gasteiger partial charge in [0.1, 0.15) is 0 Å². The molecule has 2 heterocycles. The topological polar surface area (TPSA) is 96.6 Å². The smallest absolute Gasteiger partial charge is 0.354 e. The zero-order valence-electron chi connectivity index (χ0n) is 21.5. The molecule has 11 heteroatoms. The molecule has 0 spiro atoms. The summed E-state index contributed by atoms with van der Waals surface area (Å²) in [4.78, 5) is 30.5. The quantitative estimate of drug-likeness (QED) is 0.348. The molecule has 1 aliphatic rings. The summed E-state index contributed by atoms with van der Waals surface area (Å²) >= 11 is 6.01. The standard InChI is InChI=1S/C27H32ClFN4O5/c1-18(2)38-23-12-11-21(16-22(23)29)30-25-31-26(34)32(13-5-15-37-24-6-3-4-14-36-24)27(35)33(25)17-19-7-9-20(28)10-8-19/h7-12,16,18,24H,3-6,13-15,17H2,1-2H3,(H,30,31,34). The van der Waals surface area contributed by atoms with Gasteiger partial charge in [0.15, 0.2) is 17.9 Å². The summed E-state index contributed by atoms with van der Waals surface area (Å²) in [7, 11) is 0. The molecule has 1 unspecified atom stereocenters. The van der Waals surface area contributed by atoms with Gasteiger partial charge in [-0.3, -0.25) is 4.57 Å². The van der Waals surface area contributed by atoms with E-state index in [1.165, 1.54) is 16.7 Å². The first-order valence-electron chi connectivity index (χ1n) is 12.7. The zero-order chi connectivity index (χ0) is 27.1. The molecule has 0 saturated carbocycles. The van der Waals surface area contributed by atoms with Gasteiger partial charge in [-0.25, -0.2) is 18.5 Å². The predicted octanol–water partition coefficient (Wildman–Crippen LogP) is 4.71.